The van der Waals surface area contributed by atoms with Crippen molar-refractivity contribution in [1.29, 1.82) is 0 Å². The SMILES string of the molecule is CCCCCCC(CCC)C(CC1=CCCCC1)c1ccc(F)c(F)c1. The zero-order valence-corrected chi connectivity index (χ0v) is 16.7. The molecule has 26 heavy (non-hydrogen) atoms. The van der Waals surface area contributed by atoms with E-state index in [1.807, 2.05) is 6.07 Å². The number of unbranched alkanes of at least 4 members (excludes halogenated alkanes) is 3. The smallest absolute Gasteiger partial charge is 0.159 e. The fourth-order valence-corrected chi connectivity index (χ4v) is 4.42. The van der Waals surface area contributed by atoms with E-state index in [1.54, 1.807) is 0 Å². The van der Waals surface area contributed by atoms with E-state index in [-0.39, 0.29) is 0 Å². The van der Waals surface area contributed by atoms with E-state index in [4.69, 9.17) is 0 Å². The highest BCUT2D eigenvalue weighted by Gasteiger charge is 2.25. The van der Waals surface area contributed by atoms with Crippen LogP contribution >= 0.6 is 0 Å². The largest absolute Gasteiger partial charge is 0.204 e. The van der Waals surface area contributed by atoms with E-state index >= 15 is 0 Å². The number of hydrogen-bond donors (Lipinski definition) is 0. The van der Waals surface area contributed by atoms with Gasteiger partial charge in [-0.15, -0.1) is 0 Å². The second-order valence-corrected chi connectivity index (χ2v) is 7.99. The summed E-state index contributed by atoms with van der Waals surface area (Å²) >= 11 is 0. The summed E-state index contributed by atoms with van der Waals surface area (Å²) in [7, 11) is 0. The van der Waals surface area contributed by atoms with E-state index in [0.717, 1.165) is 18.4 Å². The first-order valence-corrected chi connectivity index (χ1v) is 10.8. The molecule has 0 saturated heterocycles. The highest BCUT2D eigenvalue weighted by molar-refractivity contribution is 5.25. The molecule has 146 valence electrons. The maximum Gasteiger partial charge on any atom is 0.159 e. The van der Waals surface area contributed by atoms with Gasteiger partial charge in [0.05, 0.1) is 0 Å². The van der Waals surface area contributed by atoms with Crippen molar-refractivity contribution in [3.8, 4) is 0 Å². The molecule has 2 rings (SSSR count). The van der Waals surface area contributed by atoms with Gasteiger partial charge in [-0.3, -0.25) is 0 Å². The molecule has 0 spiro atoms. The average molecular weight is 363 g/mol. The third-order valence-electron chi connectivity index (χ3n) is 5.90. The summed E-state index contributed by atoms with van der Waals surface area (Å²) in [6, 6.07) is 4.59. The summed E-state index contributed by atoms with van der Waals surface area (Å²) in [6.45, 7) is 4.48. The van der Waals surface area contributed by atoms with Crippen molar-refractivity contribution >= 4 is 0 Å². The zero-order valence-electron chi connectivity index (χ0n) is 16.7. The van der Waals surface area contributed by atoms with Crippen LogP contribution in [0.15, 0.2) is 29.8 Å². The molecule has 2 heteroatoms. The standard InChI is InChI=1S/C24H36F2/c1-3-5-6-10-14-20(11-4-2)22(17-19-12-8-7-9-13-19)21-15-16-23(25)24(26)18-21/h12,15-16,18,20,22H,3-11,13-14,17H2,1-2H3. The Hall–Kier alpha value is -1.18. The predicted molar refractivity (Wildman–Crippen MR) is 107 cm³/mol. The molecule has 0 radical (unpaired) electrons. The lowest BCUT2D eigenvalue weighted by molar-refractivity contribution is 0.344. The van der Waals surface area contributed by atoms with Gasteiger partial charge in [0, 0.05) is 0 Å². The Morgan fingerprint density at radius 1 is 0.923 bits per heavy atom. The highest BCUT2D eigenvalue weighted by atomic mass is 19.2. The van der Waals surface area contributed by atoms with Crippen molar-refractivity contribution in [2.75, 3.05) is 0 Å². The second-order valence-electron chi connectivity index (χ2n) is 7.99. The van der Waals surface area contributed by atoms with E-state index in [9.17, 15) is 8.78 Å². The van der Waals surface area contributed by atoms with Crippen molar-refractivity contribution < 1.29 is 8.78 Å². The first-order valence-electron chi connectivity index (χ1n) is 10.8. The summed E-state index contributed by atoms with van der Waals surface area (Å²) < 4.78 is 27.4. The van der Waals surface area contributed by atoms with Crippen LogP contribution < -0.4 is 0 Å². The lowest BCUT2D eigenvalue weighted by atomic mass is 9.75. The summed E-state index contributed by atoms with van der Waals surface area (Å²) in [5.74, 6) is -0.564. The Kier molecular flexibility index (Phi) is 9.36. The second kappa shape index (κ2) is 11.5. The van der Waals surface area contributed by atoms with Gasteiger partial charge >= 0.3 is 0 Å². The van der Waals surface area contributed by atoms with Crippen LogP contribution in [0, 0.1) is 17.6 Å². The van der Waals surface area contributed by atoms with Crippen LogP contribution in [0.2, 0.25) is 0 Å². The lowest BCUT2D eigenvalue weighted by Crippen LogP contribution is -2.15. The Labute approximate surface area is 159 Å². The predicted octanol–water partition coefficient (Wildman–Crippen LogP) is 8.33. The summed E-state index contributed by atoms with van der Waals surface area (Å²) in [5.41, 5.74) is 2.52. The normalized spacial score (nSPS) is 17.0. The van der Waals surface area contributed by atoms with Crippen molar-refractivity contribution in [2.45, 2.75) is 96.8 Å². The first-order chi connectivity index (χ1) is 12.7. The molecule has 0 saturated carbocycles. The molecule has 1 aliphatic carbocycles. The highest BCUT2D eigenvalue weighted by Crippen LogP contribution is 2.39. The number of halogens is 2. The molecule has 0 N–H and O–H groups in total. The number of rotatable bonds is 11. The van der Waals surface area contributed by atoms with Crippen LogP contribution in [0.25, 0.3) is 0 Å². The molecule has 0 aromatic heterocycles. The van der Waals surface area contributed by atoms with E-state index in [0.29, 0.717) is 11.8 Å². The molecule has 0 heterocycles. The van der Waals surface area contributed by atoms with Crippen LogP contribution in [0.5, 0.6) is 0 Å². The van der Waals surface area contributed by atoms with Gasteiger partial charge in [-0.2, -0.15) is 0 Å². The molecular formula is C24H36F2. The minimum Gasteiger partial charge on any atom is -0.204 e. The van der Waals surface area contributed by atoms with Gasteiger partial charge in [0.15, 0.2) is 11.6 Å². The zero-order chi connectivity index (χ0) is 18.8. The summed E-state index contributed by atoms with van der Waals surface area (Å²) in [4.78, 5) is 0. The fraction of sp³-hybridized carbons (Fsp3) is 0.667. The van der Waals surface area contributed by atoms with Crippen LogP contribution in [0.3, 0.4) is 0 Å². The quantitative estimate of drug-likeness (QED) is 0.274. The molecule has 0 fully saturated rings. The minimum atomic E-state index is -0.737. The molecule has 1 aliphatic rings. The average Bonchev–Trinajstić information content (AvgIpc) is 2.66. The Morgan fingerprint density at radius 3 is 2.42 bits per heavy atom. The molecule has 0 aliphatic heterocycles. The Bertz CT molecular complexity index is 561. The maximum atomic E-state index is 13.9. The number of allylic oxidation sites excluding steroid dienone is 2. The van der Waals surface area contributed by atoms with Crippen molar-refractivity contribution in [2.24, 2.45) is 5.92 Å². The topological polar surface area (TPSA) is 0 Å². The van der Waals surface area contributed by atoms with Gasteiger partial charge in [0.25, 0.3) is 0 Å². The molecule has 0 amide bonds. The lowest BCUT2D eigenvalue weighted by Gasteiger charge is -2.30. The summed E-state index contributed by atoms with van der Waals surface area (Å²) in [6.07, 6.45) is 16.9. The van der Waals surface area contributed by atoms with Gasteiger partial charge < -0.3 is 0 Å². The summed E-state index contributed by atoms with van der Waals surface area (Å²) in [5, 5.41) is 0. The Balaban J connectivity index is 2.20. The Morgan fingerprint density at radius 2 is 1.77 bits per heavy atom. The fourth-order valence-electron chi connectivity index (χ4n) is 4.42. The van der Waals surface area contributed by atoms with Crippen LogP contribution in [0.1, 0.15) is 102 Å². The third kappa shape index (κ3) is 6.52. The number of hydrogen-bond acceptors (Lipinski definition) is 0. The van der Waals surface area contributed by atoms with Gasteiger partial charge in [-0.25, -0.2) is 8.78 Å². The van der Waals surface area contributed by atoms with Crippen LogP contribution in [-0.4, -0.2) is 0 Å². The van der Waals surface area contributed by atoms with E-state index < -0.39 is 11.6 Å². The van der Waals surface area contributed by atoms with Gasteiger partial charge in [-0.1, -0.05) is 70.1 Å². The van der Waals surface area contributed by atoms with Crippen LogP contribution in [-0.2, 0) is 0 Å². The molecule has 2 atom stereocenters. The van der Waals surface area contributed by atoms with Gasteiger partial charge in [0.2, 0.25) is 0 Å². The number of benzene rings is 1. The molecule has 1 aromatic carbocycles. The molecule has 0 bridgehead atoms. The maximum absolute atomic E-state index is 13.9. The monoisotopic (exact) mass is 362 g/mol. The van der Waals surface area contributed by atoms with E-state index in [2.05, 4.69) is 19.9 Å². The first kappa shape index (κ1) is 21.1. The van der Waals surface area contributed by atoms with Gasteiger partial charge in [-0.05, 0) is 68.1 Å². The van der Waals surface area contributed by atoms with Crippen molar-refractivity contribution in [1.82, 2.24) is 0 Å². The van der Waals surface area contributed by atoms with Gasteiger partial charge in [0.1, 0.15) is 0 Å². The molecule has 0 nitrogen and oxygen atoms in total. The molecular weight excluding hydrogens is 326 g/mol. The minimum absolute atomic E-state index is 0.316. The molecule has 2 unspecified atom stereocenters. The van der Waals surface area contributed by atoms with Crippen molar-refractivity contribution in [3.05, 3.63) is 47.0 Å². The van der Waals surface area contributed by atoms with E-state index in [1.165, 1.54) is 81.9 Å². The van der Waals surface area contributed by atoms with Crippen molar-refractivity contribution in [3.63, 3.8) is 0 Å². The van der Waals surface area contributed by atoms with Crippen LogP contribution in [0.4, 0.5) is 8.78 Å². The third-order valence-corrected chi connectivity index (χ3v) is 5.90. The molecule has 1 aromatic rings.